The van der Waals surface area contributed by atoms with Crippen LogP contribution in [0.5, 0.6) is 0 Å². The molecule has 0 aromatic heterocycles. The van der Waals surface area contributed by atoms with E-state index in [1.54, 1.807) is 0 Å². The van der Waals surface area contributed by atoms with E-state index in [2.05, 4.69) is 77.7 Å². The van der Waals surface area contributed by atoms with Crippen molar-refractivity contribution in [2.24, 2.45) is 0 Å². The number of ether oxygens (including phenoxy) is 1. The van der Waals surface area contributed by atoms with Gasteiger partial charge in [0.2, 0.25) is 0 Å². The Kier molecular flexibility index (Phi) is 6.84. The van der Waals surface area contributed by atoms with Crippen molar-refractivity contribution in [3.05, 3.63) is 119 Å². The molecule has 4 rings (SSSR count). The molecule has 1 aliphatic rings. The maximum Gasteiger partial charge on any atom is 0.302 e. The molecule has 1 unspecified atom stereocenters. The van der Waals surface area contributed by atoms with E-state index in [1.165, 1.54) is 23.6 Å². The van der Waals surface area contributed by atoms with E-state index in [9.17, 15) is 9.90 Å². The first-order chi connectivity index (χ1) is 15.6. The van der Waals surface area contributed by atoms with Crippen molar-refractivity contribution in [2.75, 3.05) is 19.7 Å². The fourth-order valence-corrected chi connectivity index (χ4v) is 4.71. The molecule has 1 fully saturated rings. The molecule has 1 saturated heterocycles. The number of piperidine rings is 1. The molecule has 0 radical (unpaired) electrons. The third-order valence-corrected chi connectivity index (χ3v) is 6.16. The summed E-state index contributed by atoms with van der Waals surface area (Å²) in [6.07, 6.45) is 1.92. The van der Waals surface area contributed by atoms with Crippen molar-refractivity contribution in [1.29, 1.82) is 0 Å². The molecule has 1 aliphatic heterocycles. The second-order valence-corrected chi connectivity index (χ2v) is 8.12. The van der Waals surface area contributed by atoms with Gasteiger partial charge in [-0.3, -0.25) is 9.69 Å². The quantitative estimate of drug-likeness (QED) is 0.357. The molecule has 3 aromatic carbocycles. The fraction of sp³-hybridized carbons (Fsp3) is 0.250. The summed E-state index contributed by atoms with van der Waals surface area (Å²) in [6, 6.07) is 31.6. The van der Waals surface area contributed by atoms with Gasteiger partial charge in [-0.25, -0.2) is 0 Å². The van der Waals surface area contributed by atoms with Crippen molar-refractivity contribution in [1.82, 2.24) is 4.90 Å². The van der Waals surface area contributed by atoms with Gasteiger partial charge in [-0.1, -0.05) is 91.0 Å². The van der Waals surface area contributed by atoms with E-state index >= 15 is 0 Å². The molecule has 32 heavy (non-hydrogen) atoms. The van der Waals surface area contributed by atoms with Crippen molar-refractivity contribution in [3.63, 3.8) is 0 Å². The Labute approximate surface area is 189 Å². The number of carbonyl (C=O) groups excluding carboxylic acids is 1. The molecule has 0 spiro atoms. The Bertz CT molecular complexity index is 951. The van der Waals surface area contributed by atoms with Gasteiger partial charge in [0, 0.05) is 20.0 Å². The lowest BCUT2D eigenvalue weighted by molar-refractivity contribution is -0.139. The molecule has 3 aromatic rings. The second kappa shape index (κ2) is 9.94. The van der Waals surface area contributed by atoms with Crippen LogP contribution in [0.2, 0.25) is 0 Å². The highest BCUT2D eigenvalue weighted by Gasteiger charge is 2.44. The molecule has 4 heteroatoms. The predicted octanol–water partition coefficient (Wildman–Crippen LogP) is 4.53. The zero-order valence-electron chi connectivity index (χ0n) is 18.4. The number of carbonyl (C=O) groups is 1. The molecule has 1 atom stereocenters. The van der Waals surface area contributed by atoms with Gasteiger partial charge in [0.15, 0.2) is 0 Å². The number of nitrogens with zero attached hydrogens (tertiary/aromatic N) is 1. The van der Waals surface area contributed by atoms with Crippen LogP contribution in [0.1, 0.15) is 30.0 Å². The molecule has 164 valence electrons. The van der Waals surface area contributed by atoms with Crippen LogP contribution in [-0.4, -0.2) is 41.8 Å². The molecule has 0 aliphatic carbocycles. The predicted molar refractivity (Wildman–Crippen MR) is 126 cm³/mol. The van der Waals surface area contributed by atoms with Crippen LogP contribution in [-0.2, 0) is 15.1 Å². The Balaban J connectivity index is 1.87. The van der Waals surface area contributed by atoms with E-state index < -0.39 is 11.6 Å². The number of hydrogen-bond donors (Lipinski definition) is 1. The first-order valence-corrected chi connectivity index (χ1v) is 11.0. The van der Waals surface area contributed by atoms with Gasteiger partial charge in [-0.2, -0.15) is 0 Å². The minimum Gasteiger partial charge on any atom is -0.462 e. The van der Waals surface area contributed by atoms with Crippen molar-refractivity contribution >= 4 is 5.97 Å². The Morgan fingerprint density at radius 1 is 0.938 bits per heavy atom. The van der Waals surface area contributed by atoms with Crippen molar-refractivity contribution in [3.8, 4) is 0 Å². The minimum absolute atomic E-state index is 0.171. The molecule has 0 saturated carbocycles. The first kappa shape index (κ1) is 22.0. The summed E-state index contributed by atoms with van der Waals surface area (Å²) < 4.78 is 5.12. The highest BCUT2D eigenvalue weighted by molar-refractivity contribution is 5.66. The number of benzene rings is 3. The fourth-order valence-electron chi connectivity index (χ4n) is 4.71. The lowest BCUT2D eigenvalue weighted by Crippen LogP contribution is -2.53. The van der Waals surface area contributed by atoms with E-state index in [4.69, 9.17) is 4.74 Å². The molecule has 0 amide bonds. The smallest absolute Gasteiger partial charge is 0.302 e. The molecule has 1 N–H and O–H groups in total. The normalized spacial score (nSPS) is 18.4. The molecule has 4 nitrogen and oxygen atoms in total. The standard InChI is InChI=1S/C28H29NO3/c1-22(30)32-20-18-23-21-29(19-17-27(23)31)28(24-11-5-2-6-12-24,25-13-7-3-8-14-25)26-15-9-4-10-16-26/h2-16,18,27,31H,17,19-21H2,1H3. The maximum atomic E-state index is 11.2. The van der Waals surface area contributed by atoms with E-state index in [1.807, 2.05) is 24.3 Å². The van der Waals surface area contributed by atoms with Crippen molar-refractivity contribution < 1.29 is 14.6 Å². The zero-order valence-corrected chi connectivity index (χ0v) is 18.4. The molecular weight excluding hydrogens is 398 g/mol. The van der Waals surface area contributed by atoms with Gasteiger partial charge in [0.05, 0.1) is 11.6 Å². The molecule has 1 heterocycles. The highest BCUT2D eigenvalue weighted by Crippen LogP contribution is 2.44. The third kappa shape index (κ3) is 4.38. The van der Waals surface area contributed by atoms with Crippen LogP contribution in [0.3, 0.4) is 0 Å². The lowest BCUT2D eigenvalue weighted by Gasteiger charge is -2.48. The SMILES string of the molecule is CC(=O)OCC=C1CN(C(c2ccccc2)(c2ccccc2)c2ccccc2)CCC1O. The monoisotopic (exact) mass is 427 g/mol. The van der Waals surface area contributed by atoms with Gasteiger partial charge < -0.3 is 9.84 Å². The average Bonchev–Trinajstić information content (AvgIpc) is 2.83. The second-order valence-electron chi connectivity index (χ2n) is 8.12. The van der Waals surface area contributed by atoms with Crippen molar-refractivity contribution in [2.45, 2.75) is 25.0 Å². The van der Waals surface area contributed by atoms with Gasteiger partial charge in [-0.15, -0.1) is 0 Å². The Morgan fingerprint density at radius 2 is 1.41 bits per heavy atom. The third-order valence-electron chi connectivity index (χ3n) is 6.16. The summed E-state index contributed by atoms with van der Waals surface area (Å²) in [7, 11) is 0. The summed E-state index contributed by atoms with van der Waals surface area (Å²) in [6.45, 7) is 2.86. The Morgan fingerprint density at radius 3 is 1.84 bits per heavy atom. The molecular formula is C28H29NO3. The maximum absolute atomic E-state index is 11.2. The van der Waals surface area contributed by atoms with Gasteiger partial charge in [-0.05, 0) is 34.8 Å². The minimum atomic E-state index is -0.540. The van der Waals surface area contributed by atoms with Crippen LogP contribution in [0, 0.1) is 0 Å². The number of likely N-dealkylation sites (tertiary alicyclic amines) is 1. The van der Waals surface area contributed by atoms with Crippen LogP contribution in [0.15, 0.2) is 103 Å². The topological polar surface area (TPSA) is 49.8 Å². The summed E-state index contributed by atoms with van der Waals surface area (Å²) in [4.78, 5) is 13.7. The van der Waals surface area contributed by atoms with E-state index in [0.717, 1.165) is 12.1 Å². The lowest BCUT2D eigenvalue weighted by atomic mass is 9.74. The number of hydrogen-bond acceptors (Lipinski definition) is 4. The Hall–Kier alpha value is -3.21. The van der Waals surface area contributed by atoms with Crippen LogP contribution in [0.4, 0.5) is 0 Å². The van der Waals surface area contributed by atoms with Gasteiger partial charge in [0.1, 0.15) is 6.61 Å². The van der Waals surface area contributed by atoms with Crippen LogP contribution in [0.25, 0.3) is 0 Å². The molecule has 0 bridgehead atoms. The zero-order chi connectivity index (χ0) is 22.4. The highest BCUT2D eigenvalue weighted by atomic mass is 16.5. The van der Waals surface area contributed by atoms with E-state index in [-0.39, 0.29) is 12.6 Å². The summed E-state index contributed by atoms with van der Waals surface area (Å²) >= 11 is 0. The summed E-state index contributed by atoms with van der Waals surface area (Å²) in [5, 5.41) is 10.7. The number of esters is 1. The first-order valence-electron chi connectivity index (χ1n) is 11.0. The number of aliphatic hydroxyl groups excluding tert-OH is 1. The van der Waals surface area contributed by atoms with Gasteiger partial charge >= 0.3 is 5.97 Å². The number of aliphatic hydroxyl groups is 1. The summed E-state index contributed by atoms with van der Waals surface area (Å²) in [5.41, 5.74) is 3.88. The van der Waals surface area contributed by atoms with Crippen LogP contribution < -0.4 is 0 Å². The number of rotatable bonds is 6. The van der Waals surface area contributed by atoms with E-state index in [0.29, 0.717) is 13.0 Å². The largest absolute Gasteiger partial charge is 0.462 e. The average molecular weight is 428 g/mol. The van der Waals surface area contributed by atoms with Gasteiger partial charge in [0.25, 0.3) is 0 Å². The van der Waals surface area contributed by atoms with Crippen LogP contribution >= 0.6 is 0 Å². The summed E-state index contributed by atoms with van der Waals surface area (Å²) in [5.74, 6) is -0.323.